The number of aryl methyl sites for hydroxylation is 1. The summed E-state index contributed by atoms with van der Waals surface area (Å²) in [7, 11) is 0. The molecule has 2 aromatic carbocycles. The van der Waals surface area contributed by atoms with Crippen LogP contribution in [0.2, 0.25) is 5.02 Å². The van der Waals surface area contributed by atoms with Crippen LogP contribution in [0, 0.1) is 6.92 Å². The Morgan fingerprint density at radius 1 is 1.06 bits per heavy atom. The van der Waals surface area contributed by atoms with Gasteiger partial charge in [-0.15, -0.1) is 0 Å². The van der Waals surface area contributed by atoms with Crippen LogP contribution in [0.1, 0.15) is 24.7 Å². The lowest BCUT2D eigenvalue weighted by atomic mass is 9.83. The van der Waals surface area contributed by atoms with Gasteiger partial charge in [-0.25, -0.2) is 9.97 Å². The number of imidazole rings is 1. The number of fused-ring (bicyclic) bond motifs is 2. The molecule has 2 N–H and O–H groups in total. The van der Waals surface area contributed by atoms with Gasteiger partial charge in [0.1, 0.15) is 27.9 Å². The van der Waals surface area contributed by atoms with Gasteiger partial charge in [-0.3, -0.25) is 14.6 Å². The fourth-order valence-electron chi connectivity index (χ4n) is 5.08. The molecule has 36 heavy (non-hydrogen) atoms. The number of likely N-dealkylation sites (tertiary alicyclic amines) is 1. The third-order valence-corrected chi connectivity index (χ3v) is 7.55. The molecule has 10 heteroatoms. The number of hydrogen-bond donors (Lipinski definition) is 2. The lowest BCUT2D eigenvalue weighted by molar-refractivity contribution is -0.0576. The molecule has 7 rings (SSSR count). The lowest BCUT2D eigenvalue weighted by Gasteiger charge is -2.49. The van der Waals surface area contributed by atoms with E-state index in [0.29, 0.717) is 45.3 Å². The van der Waals surface area contributed by atoms with E-state index in [1.807, 2.05) is 54.3 Å². The van der Waals surface area contributed by atoms with E-state index in [1.165, 1.54) is 0 Å². The summed E-state index contributed by atoms with van der Waals surface area (Å²) in [4.78, 5) is 19.4. The first-order chi connectivity index (χ1) is 17.5. The average molecular weight is 502 g/mol. The minimum Gasteiger partial charge on any atom is -0.456 e. The van der Waals surface area contributed by atoms with Crippen LogP contribution in [0.3, 0.4) is 0 Å². The van der Waals surface area contributed by atoms with E-state index in [2.05, 4.69) is 25.0 Å². The van der Waals surface area contributed by atoms with E-state index in [4.69, 9.17) is 21.3 Å². The molecule has 182 valence electrons. The Morgan fingerprint density at radius 2 is 1.89 bits per heavy atom. The van der Waals surface area contributed by atoms with Gasteiger partial charge in [0, 0.05) is 37.0 Å². The fraction of sp³-hybridized carbons (Fsp3) is 0.308. The van der Waals surface area contributed by atoms with Crippen LogP contribution in [0.25, 0.3) is 33.3 Å². The summed E-state index contributed by atoms with van der Waals surface area (Å²) in [6.07, 6.45) is 7.54. The number of rotatable bonds is 5. The van der Waals surface area contributed by atoms with Crippen molar-refractivity contribution in [3.63, 3.8) is 0 Å². The fourth-order valence-corrected chi connectivity index (χ4v) is 5.32. The van der Waals surface area contributed by atoms with Gasteiger partial charge in [0.25, 0.3) is 0 Å². The van der Waals surface area contributed by atoms with Gasteiger partial charge in [0.05, 0.1) is 46.8 Å². The van der Waals surface area contributed by atoms with E-state index in [1.54, 1.807) is 6.20 Å². The van der Waals surface area contributed by atoms with Gasteiger partial charge in [-0.1, -0.05) is 11.6 Å². The number of ether oxygens (including phenoxy) is 1. The maximum Gasteiger partial charge on any atom is 0.148 e. The number of benzene rings is 2. The molecule has 2 aliphatic rings. The standard InChI is InChI=1S/C26H24ClN7O2/c1-14-30-20-3-2-19(8-22(20)31-14)36-24-5-4-21-26(25(24)27)32-23(10-28-21)15-9-29-34(11-15)17-6-16(7-17)33-12-18(35)13-33/h2-5,8-11,16-18,35H,6-7,12-13H2,1H3,(H,30,31). The summed E-state index contributed by atoms with van der Waals surface area (Å²) in [6.45, 7) is 3.50. The van der Waals surface area contributed by atoms with Crippen molar-refractivity contribution >= 4 is 33.7 Å². The molecule has 1 saturated heterocycles. The second-order valence-electron chi connectivity index (χ2n) is 9.70. The van der Waals surface area contributed by atoms with Crippen LogP contribution < -0.4 is 4.74 Å². The van der Waals surface area contributed by atoms with Crippen molar-refractivity contribution in [2.24, 2.45) is 0 Å². The second kappa shape index (κ2) is 8.26. The average Bonchev–Trinajstić information content (AvgIpc) is 3.44. The maximum absolute atomic E-state index is 9.53. The van der Waals surface area contributed by atoms with Crippen LogP contribution in [0.4, 0.5) is 0 Å². The van der Waals surface area contributed by atoms with Crippen molar-refractivity contribution in [1.82, 2.24) is 34.6 Å². The van der Waals surface area contributed by atoms with E-state index in [-0.39, 0.29) is 6.10 Å². The number of aliphatic hydroxyl groups excluding tert-OH is 1. The molecule has 0 amide bonds. The van der Waals surface area contributed by atoms with Crippen LogP contribution >= 0.6 is 11.6 Å². The van der Waals surface area contributed by atoms with E-state index in [9.17, 15) is 5.11 Å². The van der Waals surface area contributed by atoms with Crippen molar-refractivity contribution in [3.05, 3.63) is 59.8 Å². The third kappa shape index (κ3) is 3.71. The summed E-state index contributed by atoms with van der Waals surface area (Å²) in [6, 6.07) is 10.3. The molecular weight excluding hydrogens is 478 g/mol. The maximum atomic E-state index is 9.53. The highest BCUT2D eigenvalue weighted by molar-refractivity contribution is 6.36. The minimum atomic E-state index is -0.158. The van der Waals surface area contributed by atoms with Crippen LogP contribution in [0.15, 0.2) is 48.9 Å². The summed E-state index contributed by atoms with van der Waals surface area (Å²) in [5, 5.41) is 14.5. The van der Waals surface area contributed by atoms with Crippen LogP contribution in [-0.4, -0.2) is 65.0 Å². The highest BCUT2D eigenvalue weighted by Gasteiger charge is 2.40. The number of halogens is 1. The molecule has 0 spiro atoms. The Balaban J connectivity index is 1.12. The quantitative estimate of drug-likeness (QED) is 0.365. The van der Waals surface area contributed by atoms with Crippen LogP contribution in [0.5, 0.6) is 11.5 Å². The SMILES string of the molecule is Cc1nc2ccc(Oc3ccc4ncc(-c5cnn(C6CC(N7CC(O)C7)C6)c5)nc4c3Cl)cc2[nH]1. The number of aliphatic hydroxyl groups is 1. The van der Waals surface area contributed by atoms with E-state index < -0.39 is 0 Å². The molecular formula is C26H24ClN7O2. The molecule has 4 heterocycles. The number of hydrogen-bond acceptors (Lipinski definition) is 7. The number of aromatic nitrogens is 6. The first-order valence-electron chi connectivity index (χ1n) is 12.1. The zero-order valence-corrected chi connectivity index (χ0v) is 20.4. The Hall–Kier alpha value is -3.53. The van der Waals surface area contributed by atoms with Crippen molar-refractivity contribution in [2.75, 3.05) is 13.1 Å². The minimum absolute atomic E-state index is 0.158. The molecule has 3 aromatic heterocycles. The number of aromatic amines is 1. The normalized spacial score (nSPS) is 20.5. The molecule has 0 atom stereocenters. The van der Waals surface area contributed by atoms with Gasteiger partial charge < -0.3 is 14.8 Å². The summed E-state index contributed by atoms with van der Waals surface area (Å²) in [5.74, 6) is 2.02. The van der Waals surface area contributed by atoms with Gasteiger partial charge in [-0.05, 0) is 44.0 Å². The first-order valence-corrected chi connectivity index (χ1v) is 12.4. The van der Waals surface area contributed by atoms with Gasteiger partial charge in [0.15, 0.2) is 0 Å². The summed E-state index contributed by atoms with van der Waals surface area (Å²) in [5.41, 5.74) is 4.68. The topological polar surface area (TPSA) is 105 Å². The third-order valence-electron chi connectivity index (χ3n) is 7.18. The Morgan fingerprint density at radius 3 is 2.72 bits per heavy atom. The zero-order chi connectivity index (χ0) is 24.4. The number of β-amino-alcohol motifs (C(OH)–C–C–N with tert-alkyl or cyclic N) is 1. The first kappa shape index (κ1) is 21.7. The predicted molar refractivity (Wildman–Crippen MR) is 136 cm³/mol. The highest BCUT2D eigenvalue weighted by atomic mass is 35.5. The van der Waals surface area contributed by atoms with Crippen LogP contribution in [-0.2, 0) is 0 Å². The number of nitrogens with one attached hydrogen (secondary N) is 1. The number of nitrogens with zero attached hydrogens (tertiary/aromatic N) is 6. The van der Waals surface area contributed by atoms with Gasteiger partial charge in [0.2, 0.25) is 0 Å². The molecule has 0 radical (unpaired) electrons. The Bertz CT molecular complexity index is 1600. The van der Waals surface area contributed by atoms with Gasteiger partial charge in [-0.2, -0.15) is 5.10 Å². The molecule has 2 fully saturated rings. The Kier molecular flexibility index (Phi) is 4.99. The van der Waals surface area contributed by atoms with E-state index >= 15 is 0 Å². The molecule has 9 nitrogen and oxygen atoms in total. The second-order valence-corrected chi connectivity index (χ2v) is 10.1. The monoisotopic (exact) mass is 501 g/mol. The molecule has 1 aliphatic heterocycles. The molecule has 1 saturated carbocycles. The largest absolute Gasteiger partial charge is 0.456 e. The summed E-state index contributed by atoms with van der Waals surface area (Å²) >= 11 is 6.74. The Labute approximate surface area is 211 Å². The molecule has 1 aliphatic carbocycles. The smallest absolute Gasteiger partial charge is 0.148 e. The van der Waals surface area contributed by atoms with Crippen molar-refractivity contribution < 1.29 is 9.84 Å². The van der Waals surface area contributed by atoms with Crippen molar-refractivity contribution in [1.29, 1.82) is 0 Å². The highest BCUT2D eigenvalue weighted by Crippen LogP contribution is 2.39. The van der Waals surface area contributed by atoms with Crippen molar-refractivity contribution in [3.8, 4) is 22.8 Å². The lowest BCUT2D eigenvalue weighted by Crippen LogP contribution is -2.59. The molecule has 0 unspecified atom stereocenters. The zero-order valence-electron chi connectivity index (χ0n) is 19.6. The van der Waals surface area contributed by atoms with E-state index in [0.717, 1.165) is 48.4 Å². The molecule has 0 bridgehead atoms. The number of H-pyrrole nitrogens is 1. The predicted octanol–water partition coefficient (Wildman–Crippen LogP) is 4.50. The van der Waals surface area contributed by atoms with Crippen molar-refractivity contribution in [2.45, 2.75) is 38.0 Å². The van der Waals surface area contributed by atoms with Gasteiger partial charge >= 0.3 is 0 Å². The summed E-state index contributed by atoms with van der Waals surface area (Å²) < 4.78 is 8.12. The molecule has 5 aromatic rings.